The molecule has 0 spiro atoms. The smallest absolute Gasteiger partial charge is 0.211 e. The Hall–Kier alpha value is -1.67. The molecule has 116 valence electrons. The summed E-state index contributed by atoms with van der Waals surface area (Å²) < 4.78 is 26.4. The molecular formula is C13H21N5O2S. The fourth-order valence-corrected chi connectivity index (χ4v) is 3.14. The van der Waals surface area contributed by atoms with Gasteiger partial charge in [-0.25, -0.2) is 22.7 Å². The average molecular weight is 311 g/mol. The highest BCUT2D eigenvalue weighted by Crippen LogP contribution is 2.18. The van der Waals surface area contributed by atoms with E-state index in [1.165, 1.54) is 10.6 Å². The minimum absolute atomic E-state index is 0.493. The standard InChI is InChI=1S/C13H21N5O2S/c1-4-18(21(3,19)20)9-5-7-14-13-12-11(6-8-15-13)17(2)10-16-12/h6,8,10H,4-5,7,9H2,1-3H3,(H,14,15). The van der Waals surface area contributed by atoms with Gasteiger partial charge in [0.25, 0.3) is 0 Å². The summed E-state index contributed by atoms with van der Waals surface area (Å²) >= 11 is 0. The molecule has 0 aromatic carbocycles. The summed E-state index contributed by atoms with van der Waals surface area (Å²) in [4.78, 5) is 8.61. The van der Waals surface area contributed by atoms with Crippen molar-refractivity contribution in [1.82, 2.24) is 18.8 Å². The molecule has 0 aliphatic carbocycles. The molecule has 2 heterocycles. The monoisotopic (exact) mass is 311 g/mol. The van der Waals surface area contributed by atoms with Crippen molar-refractivity contribution in [1.29, 1.82) is 0 Å². The predicted octanol–water partition coefficient (Wildman–Crippen LogP) is 1.05. The topological polar surface area (TPSA) is 80.1 Å². The molecule has 7 nitrogen and oxygen atoms in total. The van der Waals surface area contributed by atoms with E-state index in [1.54, 1.807) is 12.5 Å². The fraction of sp³-hybridized carbons (Fsp3) is 0.538. The molecule has 2 aromatic rings. The SMILES string of the molecule is CCN(CCCNc1nccc2c1ncn2C)S(C)(=O)=O. The van der Waals surface area contributed by atoms with Crippen LogP contribution in [0.4, 0.5) is 5.82 Å². The normalized spacial score (nSPS) is 12.2. The minimum Gasteiger partial charge on any atom is -0.368 e. The molecule has 0 unspecified atom stereocenters. The summed E-state index contributed by atoms with van der Waals surface area (Å²) in [5.74, 6) is 0.732. The maximum absolute atomic E-state index is 11.5. The zero-order chi connectivity index (χ0) is 15.5. The van der Waals surface area contributed by atoms with E-state index >= 15 is 0 Å². The Labute approximate surface area is 125 Å². The lowest BCUT2D eigenvalue weighted by Gasteiger charge is -2.17. The van der Waals surface area contributed by atoms with Crippen LogP contribution in [0.15, 0.2) is 18.6 Å². The second kappa shape index (κ2) is 6.40. The first-order valence-electron chi connectivity index (χ1n) is 6.88. The summed E-state index contributed by atoms with van der Waals surface area (Å²) in [5.41, 5.74) is 1.84. The van der Waals surface area contributed by atoms with E-state index in [0.29, 0.717) is 26.1 Å². The molecule has 0 fully saturated rings. The number of fused-ring (bicyclic) bond motifs is 1. The third-order valence-corrected chi connectivity index (χ3v) is 4.72. The van der Waals surface area contributed by atoms with E-state index in [-0.39, 0.29) is 0 Å². The Morgan fingerprint density at radius 1 is 1.38 bits per heavy atom. The molecule has 0 aliphatic rings. The van der Waals surface area contributed by atoms with Crippen LogP contribution < -0.4 is 5.32 Å². The second-order valence-electron chi connectivity index (χ2n) is 4.92. The van der Waals surface area contributed by atoms with Crippen molar-refractivity contribution in [3.05, 3.63) is 18.6 Å². The fourth-order valence-electron chi connectivity index (χ4n) is 2.21. The number of hydrogen-bond donors (Lipinski definition) is 1. The number of hydrogen-bond acceptors (Lipinski definition) is 5. The van der Waals surface area contributed by atoms with Gasteiger partial charge in [0.2, 0.25) is 10.0 Å². The van der Waals surface area contributed by atoms with Crippen LogP contribution >= 0.6 is 0 Å². The van der Waals surface area contributed by atoms with Crippen LogP contribution in [0.3, 0.4) is 0 Å². The van der Waals surface area contributed by atoms with Gasteiger partial charge in [-0.15, -0.1) is 0 Å². The molecule has 8 heteroatoms. The zero-order valence-corrected chi connectivity index (χ0v) is 13.4. The van der Waals surface area contributed by atoms with Crippen LogP contribution in [0.5, 0.6) is 0 Å². The van der Waals surface area contributed by atoms with Gasteiger partial charge in [0.05, 0.1) is 18.1 Å². The number of pyridine rings is 1. The Morgan fingerprint density at radius 2 is 2.14 bits per heavy atom. The summed E-state index contributed by atoms with van der Waals surface area (Å²) in [7, 11) is -1.18. The van der Waals surface area contributed by atoms with Crippen LogP contribution in [0, 0.1) is 0 Å². The van der Waals surface area contributed by atoms with E-state index in [2.05, 4.69) is 15.3 Å². The number of sulfonamides is 1. The lowest BCUT2D eigenvalue weighted by atomic mass is 10.3. The van der Waals surface area contributed by atoms with Gasteiger partial charge in [-0.05, 0) is 12.5 Å². The zero-order valence-electron chi connectivity index (χ0n) is 12.6. The van der Waals surface area contributed by atoms with Crippen molar-refractivity contribution in [2.24, 2.45) is 7.05 Å². The number of nitrogens with zero attached hydrogens (tertiary/aromatic N) is 4. The van der Waals surface area contributed by atoms with Gasteiger partial charge < -0.3 is 9.88 Å². The molecule has 0 saturated heterocycles. The van der Waals surface area contributed by atoms with Crippen molar-refractivity contribution >= 4 is 26.9 Å². The van der Waals surface area contributed by atoms with Crippen molar-refractivity contribution < 1.29 is 8.42 Å². The van der Waals surface area contributed by atoms with Crippen molar-refractivity contribution in [2.45, 2.75) is 13.3 Å². The third-order valence-electron chi connectivity index (χ3n) is 3.34. The first kappa shape index (κ1) is 15.7. The van der Waals surface area contributed by atoms with Gasteiger partial charge in [0, 0.05) is 32.9 Å². The summed E-state index contributed by atoms with van der Waals surface area (Å²) in [6.45, 7) is 3.48. The number of aromatic nitrogens is 3. The largest absolute Gasteiger partial charge is 0.368 e. The van der Waals surface area contributed by atoms with Gasteiger partial charge in [0.15, 0.2) is 5.82 Å². The van der Waals surface area contributed by atoms with Crippen LogP contribution in [0.2, 0.25) is 0 Å². The molecule has 0 atom stereocenters. The van der Waals surface area contributed by atoms with Gasteiger partial charge in [-0.3, -0.25) is 0 Å². The Kier molecular flexibility index (Phi) is 4.79. The summed E-state index contributed by atoms with van der Waals surface area (Å²) in [6.07, 6.45) is 5.44. The number of imidazole rings is 1. The Balaban J connectivity index is 1.94. The maximum atomic E-state index is 11.5. The van der Waals surface area contributed by atoms with Crippen molar-refractivity contribution in [2.75, 3.05) is 31.2 Å². The quantitative estimate of drug-likeness (QED) is 0.773. The van der Waals surface area contributed by atoms with Crippen LogP contribution in [-0.4, -0.2) is 53.1 Å². The van der Waals surface area contributed by atoms with Gasteiger partial charge >= 0.3 is 0 Å². The molecule has 0 bridgehead atoms. The molecular weight excluding hydrogens is 290 g/mol. The van der Waals surface area contributed by atoms with Gasteiger partial charge in [0.1, 0.15) is 5.52 Å². The molecule has 21 heavy (non-hydrogen) atoms. The lowest BCUT2D eigenvalue weighted by Crippen LogP contribution is -2.31. The number of anilines is 1. The summed E-state index contributed by atoms with van der Waals surface area (Å²) in [5, 5.41) is 3.22. The average Bonchev–Trinajstić information content (AvgIpc) is 2.80. The molecule has 2 aromatic heterocycles. The van der Waals surface area contributed by atoms with E-state index in [1.807, 2.05) is 24.6 Å². The third kappa shape index (κ3) is 3.70. The van der Waals surface area contributed by atoms with Crippen molar-refractivity contribution in [3.63, 3.8) is 0 Å². The minimum atomic E-state index is -3.12. The van der Waals surface area contributed by atoms with E-state index in [0.717, 1.165) is 16.9 Å². The number of rotatable bonds is 7. The van der Waals surface area contributed by atoms with E-state index < -0.39 is 10.0 Å². The first-order chi connectivity index (χ1) is 9.93. The van der Waals surface area contributed by atoms with Crippen molar-refractivity contribution in [3.8, 4) is 0 Å². The maximum Gasteiger partial charge on any atom is 0.211 e. The van der Waals surface area contributed by atoms with Gasteiger partial charge in [-0.2, -0.15) is 0 Å². The Bertz CT molecular complexity index is 710. The van der Waals surface area contributed by atoms with Crippen LogP contribution in [0.25, 0.3) is 11.0 Å². The number of aryl methyl sites for hydroxylation is 1. The second-order valence-corrected chi connectivity index (χ2v) is 6.90. The molecule has 0 aliphatic heterocycles. The van der Waals surface area contributed by atoms with E-state index in [4.69, 9.17) is 0 Å². The van der Waals surface area contributed by atoms with Crippen LogP contribution in [0.1, 0.15) is 13.3 Å². The molecule has 0 saturated carbocycles. The molecule has 0 radical (unpaired) electrons. The Morgan fingerprint density at radius 3 is 2.81 bits per heavy atom. The molecule has 2 rings (SSSR count). The van der Waals surface area contributed by atoms with Gasteiger partial charge in [-0.1, -0.05) is 6.92 Å². The van der Waals surface area contributed by atoms with Crippen LogP contribution in [-0.2, 0) is 17.1 Å². The highest BCUT2D eigenvalue weighted by atomic mass is 32.2. The summed E-state index contributed by atoms with van der Waals surface area (Å²) in [6, 6.07) is 1.91. The highest BCUT2D eigenvalue weighted by molar-refractivity contribution is 7.88. The molecule has 1 N–H and O–H groups in total. The predicted molar refractivity (Wildman–Crippen MR) is 83.7 cm³/mol. The first-order valence-corrected chi connectivity index (χ1v) is 8.73. The highest BCUT2D eigenvalue weighted by Gasteiger charge is 2.13. The lowest BCUT2D eigenvalue weighted by molar-refractivity contribution is 0.428. The molecule has 0 amide bonds. The van der Waals surface area contributed by atoms with E-state index in [9.17, 15) is 8.42 Å². The number of nitrogens with one attached hydrogen (secondary N) is 1.